The molecule has 0 saturated carbocycles. The molecule has 1 fully saturated rings. The second-order valence-electron chi connectivity index (χ2n) is 4.61. The van der Waals surface area contributed by atoms with E-state index in [4.69, 9.17) is 5.73 Å². The lowest BCUT2D eigenvalue weighted by Gasteiger charge is -2.31. The average Bonchev–Trinajstić information content (AvgIpc) is 2.38. The lowest BCUT2D eigenvalue weighted by molar-refractivity contribution is 0.0689. The van der Waals surface area contributed by atoms with Crippen LogP contribution in [0.15, 0.2) is 18.3 Å². The van der Waals surface area contributed by atoms with Gasteiger partial charge in [-0.1, -0.05) is 13.3 Å². The third-order valence-electron chi connectivity index (χ3n) is 3.51. The van der Waals surface area contributed by atoms with E-state index in [2.05, 4.69) is 11.9 Å². The predicted molar refractivity (Wildman–Crippen MR) is 67.6 cm³/mol. The molecule has 0 radical (unpaired) electrons. The van der Waals surface area contributed by atoms with Crippen molar-refractivity contribution in [3.63, 3.8) is 0 Å². The second kappa shape index (κ2) is 5.17. The van der Waals surface area contributed by atoms with Crippen molar-refractivity contribution >= 4 is 11.7 Å². The van der Waals surface area contributed by atoms with Crippen LogP contribution in [0.3, 0.4) is 0 Å². The van der Waals surface area contributed by atoms with E-state index in [0.717, 1.165) is 31.8 Å². The number of hydrogen-bond donors (Lipinski definition) is 1. The van der Waals surface area contributed by atoms with Crippen molar-refractivity contribution in [2.24, 2.45) is 5.92 Å². The van der Waals surface area contributed by atoms with Gasteiger partial charge in [0.2, 0.25) is 0 Å². The monoisotopic (exact) mass is 233 g/mol. The minimum absolute atomic E-state index is 0.0775. The maximum absolute atomic E-state index is 12.2. The highest BCUT2D eigenvalue weighted by atomic mass is 16.2. The number of likely N-dealkylation sites (tertiary alicyclic amines) is 1. The molecule has 1 saturated heterocycles. The Hall–Kier alpha value is -1.58. The second-order valence-corrected chi connectivity index (χ2v) is 4.61. The number of nitrogen functional groups attached to an aromatic ring is 1. The van der Waals surface area contributed by atoms with Crippen molar-refractivity contribution in [1.82, 2.24) is 9.88 Å². The van der Waals surface area contributed by atoms with Gasteiger partial charge < -0.3 is 10.6 Å². The van der Waals surface area contributed by atoms with E-state index in [1.165, 1.54) is 6.42 Å². The standard InChI is InChI=1S/C13H19N3O/c1-2-10-4-7-16(8-5-10)13(17)11-3-6-15-12(14)9-11/h3,6,9-10H,2,4-5,7-8H2,1H3,(H2,14,15). The van der Waals surface area contributed by atoms with Crippen molar-refractivity contribution in [2.75, 3.05) is 18.8 Å². The van der Waals surface area contributed by atoms with Crippen LogP contribution in [0.1, 0.15) is 36.5 Å². The summed E-state index contributed by atoms with van der Waals surface area (Å²) in [5, 5.41) is 0. The molecule has 0 aromatic carbocycles. The number of rotatable bonds is 2. The number of amides is 1. The van der Waals surface area contributed by atoms with Crippen LogP contribution < -0.4 is 5.73 Å². The highest BCUT2D eigenvalue weighted by molar-refractivity contribution is 5.94. The molecule has 0 atom stereocenters. The Morgan fingerprint density at radius 2 is 2.24 bits per heavy atom. The minimum atomic E-state index is 0.0775. The normalized spacial score (nSPS) is 17.1. The fourth-order valence-corrected chi connectivity index (χ4v) is 2.31. The van der Waals surface area contributed by atoms with Gasteiger partial charge in [0.05, 0.1) is 0 Å². The zero-order valence-electron chi connectivity index (χ0n) is 10.2. The lowest BCUT2D eigenvalue weighted by atomic mass is 9.94. The molecule has 1 aliphatic rings. The number of nitrogens with zero attached hydrogens (tertiary/aromatic N) is 2. The molecule has 2 rings (SSSR count). The lowest BCUT2D eigenvalue weighted by Crippen LogP contribution is -2.38. The van der Waals surface area contributed by atoms with Gasteiger partial charge in [0, 0.05) is 24.8 Å². The molecule has 0 bridgehead atoms. The van der Waals surface area contributed by atoms with Crippen LogP contribution in [-0.4, -0.2) is 28.9 Å². The molecular weight excluding hydrogens is 214 g/mol. The van der Waals surface area contributed by atoms with Gasteiger partial charge in [0.15, 0.2) is 0 Å². The number of carbonyl (C=O) groups excluding carboxylic acids is 1. The van der Waals surface area contributed by atoms with Crippen molar-refractivity contribution in [3.8, 4) is 0 Å². The molecule has 0 aliphatic carbocycles. The van der Waals surface area contributed by atoms with E-state index in [-0.39, 0.29) is 5.91 Å². The molecule has 17 heavy (non-hydrogen) atoms. The Morgan fingerprint density at radius 3 is 2.82 bits per heavy atom. The molecule has 4 nitrogen and oxygen atoms in total. The summed E-state index contributed by atoms with van der Waals surface area (Å²) in [4.78, 5) is 18.0. The molecule has 1 aliphatic heterocycles. The Morgan fingerprint density at radius 1 is 1.53 bits per heavy atom. The first-order chi connectivity index (χ1) is 8.20. The summed E-state index contributed by atoms with van der Waals surface area (Å²) in [5.74, 6) is 1.26. The summed E-state index contributed by atoms with van der Waals surface area (Å²) in [6.45, 7) is 3.94. The number of pyridine rings is 1. The summed E-state index contributed by atoms with van der Waals surface area (Å²) in [5.41, 5.74) is 6.23. The molecule has 92 valence electrons. The summed E-state index contributed by atoms with van der Waals surface area (Å²) in [6.07, 6.45) is 5.03. The molecule has 0 spiro atoms. The number of nitrogens with two attached hydrogens (primary N) is 1. The zero-order valence-corrected chi connectivity index (χ0v) is 10.2. The number of hydrogen-bond acceptors (Lipinski definition) is 3. The van der Waals surface area contributed by atoms with Crippen molar-refractivity contribution in [2.45, 2.75) is 26.2 Å². The molecule has 2 heterocycles. The molecule has 1 amide bonds. The van der Waals surface area contributed by atoms with Crippen molar-refractivity contribution in [1.29, 1.82) is 0 Å². The van der Waals surface area contributed by atoms with Gasteiger partial charge in [-0.3, -0.25) is 4.79 Å². The molecule has 2 N–H and O–H groups in total. The summed E-state index contributed by atoms with van der Waals surface area (Å²) in [6, 6.07) is 3.37. The van der Waals surface area contributed by atoms with Gasteiger partial charge in [-0.25, -0.2) is 4.98 Å². The van der Waals surface area contributed by atoms with Crippen LogP contribution in [-0.2, 0) is 0 Å². The first-order valence-corrected chi connectivity index (χ1v) is 6.21. The molecular formula is C13H19N3O. The zero-order chi connectivity index (χ0) is 12.3. The van der Waals surface area contributed by atoms with E-state index in [1.807, 2.05) is 4.90 Å². The Balaban J connectivity index is 2.02. The third-order valence-corrected chi connectivity index (χ3v) is 3.51. The summed E-state index contributed by atoms with van der Waals surface area (Å²) < 4.78 is 0. The molecule has 4 heteroatoms. The van der Waals surface area contributed by atoms with Gasteiger partial charge in [0.25, 0.3) is 5.91 Å². The average molecular weight is 233 g/mol. The topological polar surface area (TPSA) is 59.2 Å². The van der Waals surface area contributed by atoms with Crippen LogP contribution in [0.4, 0.5) is 5.82 Å². The highest BCUT2D eigenvalue weighted by Crippen LogP contribution is 2.21. The maximum atomic E-state index is 12.2. The molecule has 1 aromatic heterocycles. The first kappa shape index (κ1) is 11.9. The van der Waals surface area contributed by atoms with Crippen molar-refractivity contribution < 1.29 is 4.79 Å². The van der Waals surface area contributed by atoms with Crippen LogP contribution in [0, 0.1) is 5.92 Å². The number of carbonyl (C=O) groups is 1. The Labute approximate surface area is 102 Å². The van der Waals surface area contributed by atoms with Crippen molar-refractivity contribution in [3.05, 3.63) is 23.9 Å². The third kappa shape index (κ3) is 2.75. The quantitative estimate of drug-likeness (QED) is 0.849. The van der Waals surface area contributed by atoms with Crippen LogP contribution in [0.25, 0.3) is 0 Å². The molecule has 0 unspecified atom stereocenters. The smallest absolute Gasteiger partial charge is 0.254 e. The Kier molecular flexibility index (Phi) is 3.61. The highest BCUT2D eigenvalue weighted by Gasteiger charge is 2.22. The van der Waals surface area contributed by atoms with Crippen LogP contribution in [0.2, 0.25) is 0 Å². The number of piperidine rings is 1. The largest absolute Gasteiger partial charge is 0.384 e. The van der Waals surface area contributed by atoms with Crippen LogP contribution in [0.5, 0.6) is 0 Å². The van der Waals surface area contributed by atoms with E-state index in [0.29, 0.717) is 11.4 Å². The van der Waals surface area contributed by atoms with E-state index < -0.39 is 0 Å². The van der Waals surface area contributed by atoms with Gasteiger partial charge in [0.1, 0.15) is 5.82 Å². The maximum Gasteiger partial charge on any atom is 0.254 e. The summed E-state index contributed by atoms with van der Waals surface area (Å²) in [7, 11) is 0. The molecule has 1 aromatic rings. The fourth-order valence-electron chi connectivity index (χ4n) is 2.31. The Bertz CT molecular complexity index is 397. The van der Waals surface area contributed by atoms with Crippen LogP contribution >= 0.6 is 0 Å². The van der Waals surface area contributed by atoms with Gasteiger partial charge in [-0.05, 0) is 30.9 Å². The van der Waals surface area contributed by atoms with Gasteiger partial charge in [-0.2, -0.15) is 0 Å². The number of aromatic nitrogens is 1. The minimum Gasteiger partial charge on any atom is -0.384 e. The van der Waals surface area contributed by atoms with E-state index in [9.17, 15) is 4.79 Å². The number of anilines is 1. The van der Waals surface area contributed by atoms with Gasteiger partial charge >= 0.3 is 0 Å². The predicted octanol–water partition coefficient (Wildman–Crippen LogP) is 1.93. The first-order valence-electron chi connectivity index (χ1n) is 6.21. The van der Waals surface area contributed by atoms with E-state index in [1.54, 1.807) is 18.3 Å². The van der Waals surface area contributed by atoms with E-state index >= 15 is 0 Å². The SMILES string of the molecule is CCC1CCN(C(=O)c2ccnc(N)c2)CC1. The summed E-state index contributed by atoms with van der Waals surface area (Å²) >= 11 is 0. The van der Waals surface area contributed by atoms with Gasteiger partial charge in [-0.15, -0.1) is 0 Å². The fraction of sp³-hybridized carbons (Fsp3) is 0.538.